The van der Waals surface area contributed by atoms with Crippen LogP contribution in [0.15, 0.2) is 6.20 Å². The maximum Gasteiger partial charge on any atom is 0.0996 e. The normalized spacial score (nSPS) is 15.8. The Labute approximate surface area is 76.8 Å². The summed E-state index contributed by atoms with van der Waals surface area (Å²) < 4.78 is 1.66. The Morgan fingerprint density at radius 2 is 2.31 bits per heavy atom. The van der Waals surface area contributed by atoms with Crippen LogP contribution in [0.3, 0.4) is 0 Å². The average molecular weight is 185 g/mol. The molecule has 1 aromatic rings. The SMILES string of the molecule is Cc1c(C(O)C(N)CO)cnn1C. The van der Waals surface area contributed by atoms with E-state index in [2.05, 4.69) is 5.10 Å². The van der Waals surface area contributed by atoms with Gasteiger partial charge in [0.15, 0.2) is 0 Å². The van der Waals surface area contributed by atoms with Gasteiger partial charge in [0.1, 0.15) is 0 Å². The minimum atomic E-state index is -0.848. The van der Waals surface area contributed by atoms with Crippen LogP contribution < -0.4 is 5.73 Å². The minimum Gasteiger partial charge on any atom is -0.395 e. The van der Waals surface area contributed by atoms with Crippen LogP contribution in [0.5, 0.6) is 0 Å². The summed E-state index contributed by atoms with van der Waals surface area (Å²) in [5.41, 5.74) is 7.02. The molecule has 0 aliphatic carbocycles. The number of aryl methyl sites for hydroxylation is 1. The number of aliphatic hydroxyl groups excluding tert-OH is 2. The molecule has 2 unspecified atom stereocenters. The zero-order valence-corrected chi connectivity index (χ0v) is 7.81. The lowest BCUT2D eigenvalue weighted by atomic mass is 10.0. The van der Waals surface area contributed by atoms with Gasteiger partial charge in [0.05, 0.1) is 24.9 Å². The van der Waals surface area contributed by atoms with Crippen LogP contribution in [0.1, 0.15) is 17.4 Å². The number of hydrogen-bond donors (Lipinski definition) is 3. The van der Waals surface area contributed by atoms with Gasteiger partial charge in [-0.1, -0.05) is 0 Å². The van der Waals surface area contributed by atoms with E-state index in [0.29, 0.717) is 5.56 Å². The minimum absolute atomic E-state index is 0.241. The van der Waals surface area contributed by atoms with Crippen molar-refractivity contribution in [2.45, 2.75) is 19.1 Å². The van der Waals surface area contributed by atoms with E-state index in [4.69, 9.17) is 10.8 Å². The first-order chi connectivity index (χ1) is 6.07. The Morgan fingerprint density at radius 3 is 2.69 bits per heavy atom. The predicted octanol–water partition coefficient (Wildman–Crippen LogP) is -0.918. The Balaban J connectivity index is 2.88. The van der Waals surface area contributed by atoms with Crippen LogP contribution in [0, 0.1) is 6.92 Å². The molecule has 0 aliphatic heterocycles. The molecule has 1 heterocycles. The van der Waals surface area contributed by atoms with Gasteiger partial charge in [0.25, 0.3) is 0 Å². The van der Waals surface area contributed by atoms with E-state index in [1.54, 1.807) is 17.9 Å². The summed E-state index contributed by atoms with van der Waals surface area (Å²) in [6.07, 6.45) is 0.717. The van der Waals surface area contributed by atoms with Crippen LogP contribution >= 0.6 is 0 Å². The third kappa shape index (κ3) is 1.88. The second kappa shape index (κ2) is 3.87. The van der Waals surface area contributed by atoms with E-state index in [0.717, 1.165) is 5.69 Å². The molecular weight excluding hydrogens is 170 g/mol. The van der Waals surface area contributed by atoms with E-state index in [1.165, 1.54) is 0 Å². The van der Waals surface area contributed by atoms with Crippen molar-refractivity contribution in [2.75, 3.05) is 6.61 Å². The first-order valence-corrected chi connectivity index (χ1v) is 4.11. The fourth-order valence-corrected chi connectivity index (χ4v) is 1.14. The first-order valence-electron chi connectivity index (χ1n) is 4.11. The summed E-state index contributed by atoms with van der Waals surface area (Å²) in [4.78, 5) is 0. The third-order valence-corrected chi connectivity index (χ3v) is 2.21. The largest absolute Gasteiger partial charge is 0.395 e. The average Bonchev–Trinajstić information content (AvgIpc) is 2.45. The topological polar surface area (TPSA) is 84.3 Å². The Kier molecular flexibility index (Phi) is 3.02. The van der Waals surface area contributed by atoms with Gasteiger partial charge in [-0.15, -0.1) is 0 Å². The molecule has 5 nitrogen and oxygen atoms in total. The van der Waals surface area contributed by atoms with E-state index in [-0.39, 0.29) is 6.61 Å². The zero-order chi connectivity index (χ0) is 10.0. The Bertz CT molecular complexity index is 285. The highest BCUT2D eigenvalue weighted by Crippen LogP contribution is 2.18. The summed E-state index contributed by atoms with van der Waals surface area (Å²) in [6.45, 7) is 1.60. The van der Waals surface area contributed by atoms with Crippen LogP contribution in [-0.4, -0.2) is 32.6 Å². The molecule has 0 saturated carbocycles. The molecule has 0 aromatic carbocycles. The number of aromatic nitrogens is 2. The standard InChI is InChI=1S/C8H15N3O2/c1-5-6(3-10-11(5)2)8(13)7(9)4-12/h3,7-8,12-13H,4,9H2,1-2H3. The van der Waals surface area contributed by atoms with Crippen molar-refractivity contribution in [1.29, 1.82) is 0 Å². The third-order valence-electron chi connectivity index (χ3n) is 2.21. The molecule has 0 saturated heterocycles. The van der Waals surface area contributed by atoms with Crippen molar-refractivity contribution in [3.8, 4) is 0 Å². The van der Waals surface area contributed by atoms with Crippen molar-refractivity contribution >= 4 is 0 Å². The van der Waals surface area contributed by atoms with Crippen molar-refractivity contribution in [3.63, 3.8) is 0 Å². The molecule has 0 fully saturated rings. The monoisotopic (exact) mass is 185 g/mol. The van der Waals surface area contributed by atoms with E-state index >= 15 is 0 Å². The first kappa shape index (κ1) is 10.2. The van der Waals surface area contributed by atoms with Crippen molar-refractivity contribution in [2.24, 2.45) is 12.8 Å². The molecule has 0 bridgehead atoms. The maximum atomic E-state index is 9.64. The van der Waals surface area contributed by atoms with Gasteiger partial charge in [-0.05, 0) is 6.92 Å². The van der Waals surface area contributed by atoms with Crippen LogP contribution in [0.2, 0.25) is 0 Å². The molecule has 13 heavy (non-hydrogen) atoms. The molecule has 0 spiro atoms. The fraction of sp³-hybridized carbons (Fsp3) is 0.625. The van der Waals surface area contributed by atoms with Gasteiger partial charge in [0.2, 0.25) is 0 Å². The van der Waals surface area contributed by atoms with Gasteiger partial charge in [0, 0.05) is 18.3 Å². The Hall–Kier alpha value is -0.910. The summed E-state index contributed by atoms with van der Waals surface area (Å²) in [6, 6.07) is -0.650. The lowest BCUT2D eigenvalue weighted by molar-refractivity contribution is 0.109. The van der Waals surface area contributed by atoms with Crippen LogP contribution in [0.4, 0.5) is 0 Å². The van der Waals surface area contributed by atoms with Crippen molar-refractivity contribution < 1.29 is 10.2 Å². The highest BCUT2D eigenvalue weighted by molar-refractivity contribution is 5.20. The van der Waals surface area contributed by atoms with Gasteiger partial charge < -0.3 is 15.9 Å². The van der Waals surface area contributed by atoms with Crippen LogP contribution in [-0.2, 0) is 7.05 Å². The molecule has 5 heteroatoms. The Morgan fingerprint density at radius 1 is 1.69 bits per heavy atom. The molecule has 0 radical (unpaired) electrons. The number of nitrogens with zero attached hydrogens (tertiary/aromatic N) is 2. The maximum absolute atomic E-state index is 9.64. The molecule has 0 amide bonds. The number of nitrogens with two attached hydrogens (primary N) is 1. The summed E-state index contributed by atoms with van der Waals surface area (Å²) >= 11 is 0. The highest BCUT2D eigenvalue weighted by atomic mass is 16.3. The van der Waals surface area contributed by atoms with Gasteiger partial charge >= 0.3 is 0 Å². The van der Waals surface area contributed by atoms with E-state index < -0.39 is 12.1 Å². The van der Waals surface area contributed by atoms with Gasteiger partial charge in [-0.2, -0.15) is 5.10 Å². The molecule has 2 atom stereocenters. The number of rotatable bonds is 3. The second-order valence-corrected chi connectivity index (χ2v) is 3.10. The predicted molar refractivity (Wildman–Crippen MR) is 48.0 cm³/mol. The van der Waals surface area contributed by atoms with Gasteiger partial charge in [-0.3, -0.25) is 4.68 Å². The van der Waals surface area contributed by atoms with E-state index in [9.17, 15) is 5.11 Å². The lowest BCUT2D eigenvalue weighted by Gasteiger charge is -2.15. The van der Waals surface area contributed by atoms with Crippen LogP contribution in [0.25, 0.3) is 0 Å². The summed E-state index contributed by atoms with van der Waals surface area (Å²) in [5.74, 6) is 0. The zero-order valence-electron chi connectivity index (χ0n) is 7.81. The lowest BCUT2D eigenvalue weighted by Crippen LogP contribution is -2.32. The smallest absolute Gasteiger partial charge is 0.0996 e. The van der Waals surface area contributed by atoms with Crippen molar-refractivity contribution in [3.05, 3.63) is 17.5 Å². The fourth-order valence-electron chi connectivity index (χ4n) is 1.14. The summed E-state index contributed by atoms with van der Waals surface area (Å²) in [7, 11) is 1.79. The molecule has 0 aliphatic rings. The molecule has 1 rings (SSSR count). The quantitative estimate of drug-likeness (QED) is 0.568. The van der Waals surface area contributed by atoms with E-state index in [1.807, 2.05) is 6.92 Å². The molecule has 4 N–H and O–H groups in total. The molecular formula is C8H15N3O2. The number of aliphatic hydroxyl groups is 2. The molecule has 1 aromatic heterocycles. The second-order valence-electron chi connectivity index (χ2n) is 3.10. The van der Waals surface area contributed by atoms with Crippen molar-refractivity contribution in [1.82, 2.24) is 9.78 Å². The highest BCUT2D eigenvalue weighted by Gasteiger charge is 2.19. The number of hydrogen-bond acceptors (Lipinski definition) is 4. The summed E-state index contributed by atoms with van der Waals surface area (Å²) in [5, 5.41) is 22.4. The molecule has 74 valence electrons. The van der Waals surface area contributed by atoms with Gasteiger partial charge in [-0.25, -0.2) is 0 Å².